The Balaban J connectivity index is 2.23. The number of nitrogens with zero attached hydrogens (tertiary/aromatic N) is 2. The summed E-state index contributed by atoms with van der Waals surface area (Å²) in [7, 11) is 0. The molecule has 84 valence electrons. The third-order valence-electron chi connectivity index (χ3n) is 2.66. The number of nitrogen functional groups attached to an aromatic ring is 1. The molecule has 0 spiro atoms. The molecule has 0 fully saturated rings. The molecule has 1 aromatic carbocycles. The van der Waals surface area contributed by atoms with Gasteiger partial charge in [0.15, 0.2) is 0 Å². The van der Waals surface area contributed by atoms with Crippen LogP contribution in [0.4, 0.5) is 5.69 Å². The second-order valence-electron chi connectivity index (χ2n) is 3.85. The summed E-state index contributed by atoms with van der Waals surface area (Å²) in [6.07, 6.45) is 3.87. The first-order valence-corrected chi connectivity index (χ1v) is 6.02. The van der Waals surface area contributed by atoms with Gasteiger partial charge in [0.2, 0.25) is 0 Å². The molecule has 0 radical (unpaired) electrons. The average Bonchev–Trinajstić information content (AvgIpc) is 2.73. The van der Waals surface area contributed by atoms with Crippen molar-refractivity contribution in [3.05, 3.63) is 53.3 Å². The second kappa shape index (κ2) is 3.89. The average molecular weight is 288 g/mol. The zero-order chi connectivity index (χ0) is 11.8. The van der Waals surface area contributed by atoms with Crippen LogP contribution in [0.2, 0.25) is 0 Å². The van der Waals surface area contributed by atoms with Gasteiger partial charge in [0.05, 0.1) is 11.7 Å². The molecule has 3 aromatic rings. The molecule has 3 nitrogen and oxygen atoms in total. The van der Waals surface area contributed by atoms with Gasteiger partial charge in [-0.3, -0.25) is 4.40 Å². The van der Waals surface area contributed by atoms with E-state index in [9.17, 15) is 0 Å². The number of pyridine rings is 1. The van der Waals surface area contributed by atoms with Crippen molar-refractivity contribution < 1.29 is 0 Å². The van der Waals surface area contributed by atoms with Crippen LogP contribution >= 0.6 is 15.9 Å². The molecule has 0 atom stereocenters. The van der Waals surface area contributed by atoms with E-state index in [0.717, 1.165) is 27.1 Å². The summed E-state index contributed by atoms with van der Waals surface area (Å²) < 4.78 is 3.08. The number of benzene rings is 1. The van der Waals surface area contributed by atoms with Gasteiger partial charge in [0.25, 0.3) is 0 Å². The largest absolute Gasteiger partial charge is 0.399 e. The van der Waals surface area contributed by atoms with E-state index in [2.05, 4.69) is 25.3 Å². The predicted octanol–water partition coefficient (Wildman–Crippen LogP) is 3.35. The first-order chi connectivity index (χ1) is 8.24. The second-order valence-corrected chi connectivity index (χ2v) is 4.76. The van der Waals surface area contributed by atoms with E-state index in [1.165, 1.54) is 0 Å². The Morgan fingerprint density at radius 3 is 2.59 bits per heavy atom. The third kappa shape index (κ3) is 1.80. The highest BCUT2D eigenvalue weighted by Crippen LogP contribution is 2.22. The molecule has 17 heavy (non-hydrogen) atoms. The number of hydrogen-bond donors (Lipinski definition) is 1. The minimum atomic E-state index is 0.760. The molecule has 4 heteroatoms. The molecule has 0 bridgehead atoms. The van der Waals surface area contributed by atoms with Gasteiger partial charge in [0.1, 0.15) is 5.82 Å². The maximum atomic E-state index is 5.68. The summed E-state index contributed by atoms with van der Waals surface area (Å²) in [6.45, 7) is 0. The molecule has 0 aliphatic rings. The van der Waals surface area contributed by atoms with Crippen LogP contribution in [-0.4, -0.2) is 9.38 Å². The van der Waals surface area contributed by atoms with Crippen molar-refractivity contribution in [2.45, 2.75) is 0 Å². The van der Waals surface area contributed by atoms with Gasteiger partial charge in [-0.1, -0.05) is 0 Å². The predicted molar refractivity (Wildman–Crippen MR) is 72.7 cm³/mol. The van der Waals surface area contributed by atoms with E-state index >= 15 is 0 Å². The Morgan fingerprint density at radius 1 is 1.06 bits per heavy atom. The Bertz CT molecular complexity index is 671. The van der Waals surface area contributed by atoms with Crippen molar-refractivity contribution in [2.75, 3.05) is 5.73 Å². The first-order valence-electron chi connectivity index (χ1n) is 5.22. The lowest BCUT2D eigenvalue weighted by atomic mass is 10.2. The molecule has 2 N–H and O–H groups in total. The van der Waals surface area contributed by atoms with Crippen LogP contribution in [-0.2, 0) is 0 Å². The molecule has 0 saturated heterocycles. The minimum Gasteiger partial charge on any atom is -0.399 e. The molecular weight excluding hydrogens is 278 g/mol. The van der Waals surface area contributed by atoms with E-state index in [1.54, 1.807) is 0 Å². The number of aromatic nitrogens is 2. The van der Waals surface area contributed by atoms with Crippen molar-refractivity contribution in [1.29, 1.82) is 0 Å². The van der Waals surface area contributed by atoms with Crippen LogP contribution in [0.1, 0.15) is 0 Å². The Morgan fingerprint density at radius 2 is 1.82 bits per heavy atom. The van der Waals surface area contributed by atoms with Crippen LogP contribution in [0.5, 0.6) is 0 Å². The summed E-state index contributed by atoms with van der Waals surface area (Å²) >= 11 is 3.47. The molecule has 0 unspecified atom stereocenters. The monoisotopic (exact) mass is 287 g/mol. The van der Waals surface area contributed by atoms with Crippen molar-refractivity contribution >= 4 is 27.1 Å². The van der Waals surface area contributed by atoms with Gasteiger partial charge in [-0.2, -0.15) is 0 Å². The summed E-state index contributed by atoms with van der Waals surface area (Å²) in [5.74, 6) is 0.918. The van der Waals surface area contributed by atoms with E-state index in [0.29, 0.717) is 0 Å². The molecular formula is C13H10BrN3. The fraction of sp³-hybridized carbons (Fsp3) is 0. The van der Waals surface area contributed by atoms with Crippen LogP contribution in [0.15, 0.2) is 53.3 Å². The normalized spacial score (nSPS) is 10.9. The number of anilines is 1. The molecule has 2 heterocycles. The maximum Gasteiger partial charge on any atom is 0.144 e. The highest BCUT2D eigenvalue weighted by atomic mass is 79.9. The smallest absolute Gasteiger partial charge is 0.144 e. The number of fused-ring (bicyclic) bond motifs is 1. The van der Waals surface area contributed by atoms with Crippen molar-refractivity contribution in [3.8, 4) is 11.4 Å². The van der Waals surface area contributed by atoms with Crippen LogP contribution in [0.3, 0.4) is 0 Å². The van der Waals surface area contributed by atoms with Crippen molar-refractivity contribution in [3.63, 3.8) is 0 Å². The summed E-state index contributed by atoms with van der Waals surface area (Å²) in [5, 5.41) is 0. The SMILES string of the molecule is Nc1ccc(-c2ncc3ccc(Br)cn23)cc1. The van der Waals surface area contributed by atoms with Gasteiger partial charge in [0, 0.05) is 21.9 Å². The highest BCUT2D eigenvalue weighted by Gasteiger charge is 2.05. The highest BCUT2D eigenvalue weighted by molar-refractivity contribution is 9.10. The van der Waals surface area contributed by atoms with Crippen LogP contribution in [0.25, 0.3) is 16.9 Å². The summed E-state index contributed by atoms with van der Waals surface area (Å²) in [6, 6.07) is 11.8. The first kappa shape index (κ1) is 10.4. The molecule has 0 saturated carbocycles. The quantitative estimate of drug-likeness (QED) is 0.698. The van der Waals surface area contributed by atoms with E-state index in [-0.39, 0.29) is 0 Å². The number of hydrogen-bond acceptors (Lipinski definition) is 2. The molecule has 0 aliphatic heterocycles. The maximum absolute atomic E-state index is 5.68. The Labute approximate surface area is 107 Å². The Kier molecular flexibility index (Phi) is 2.37. The standard InChI is InChI=1S/C13H10BrN3/c14-10-3-6-12-7-16-13(17(12)8-10)9-1-4-11(15)5-2-9/h1-8H,15H2. The van der Waals surface area contributed by atoms with Crippen molar-refractivity contribution in [1.82, 2.24) is 9.38 Å². The molecule has 0 amide bonds. The van der Waals surface area contributed by atoms with Crippen LogP contribution < -0.4 is 5.73 Å². The zero-order valence-electron chi connectivity index (χ0n) is 8.97. The topological polar surface area (TPSA) is 43.3 Å². The van der Waals surface area contributed by atoms with Gasteiger partial charge in [-0.25, -0.2) is 4.98 Å². The third-order valence-corrected chi connectivity index (χ3v) is 3.13. The number of nitrogens with two attached hydrogens (primary N) is 1. The van der Waals surface area contributed by atoms with E-state index < -0.39 is 0 Å². The fourth-order valence-corrected chi connectivity index (χ4v) is 2.15. The molecule has 3 rings (SSSR count). The molecule has 0 aliphatic carbocycles. The number of halogens is 1. The number of rotatable bonds is 1. The fourth-order valence-electron chi connectivity index (χ4n) is 1.81. The van der Waals surface area contributed by atoms with Gasteiger partial charge in [-0.15, -0.1) is 0 Å². The summed E-state index contributed by atoms with van der Waals surface area (Å²) in [4.78, 5) is 4.44. The Hall–Kier alpha value is -1.81. The van der Waals surface area contributed by atoms with Gasteiger partial charge >= 0.3 is 0 Å². The lowest BCUT2D eigenvalue weighted by Gasteiger charge is -2.02. The zero-order valence-corrected chi connectivity index (χ0v) is 10.6. The van der Waals surface area contributed by atoms with Gasteiger partial charge in [-0.05, 0) is 52.3 Å². The van der Waals surface area contributed by atoms with Gasteiger partial charge < -0.3 is 5.73 Å². The van der Waals surface area contributed by atoms with Crippen LogP contribution in [0, 0.1) is 0 Å². The summed E-state index contributed by atoms with van der Waals surface area (Å²) in [5.41, 5.74) is 8.56. The van der Waals surface area contributed by atoms with E-state index in [4.69, 9.17) is 5.73 Å². The van der Waals surface area contributed by atoms with E-state index in [1.807, 2.05) is 48.8 Å². The molecule has 2 aromatic heterocycles. The lowest BCUT2D eigenvalue weighted by Crippen LogP contribution is -1.90. The lowest BCUT2D eigenvalue weighted by molar-refractivity contribution is 1.15. The number of imidazole rings is 1. The minimum absolute atomic E-state index is 0.760. The van der Waals surface area contributed by atoms with Crippen molar-refractivity contribution in [2.24, 2.45) is 0 Å².